The average Bonchev–Trinajstić information content (AvgIpc) is 2.23. The van der Waals surface area contributed by atoms with Gasteiger partial charge < -0.3 is 0 Å². The maximum atomic E-state index is 10.7. The third kappa shape index (κ3) is 1.52. The van der Waals surface area contributed by atoms with E-state index in [1.54, 1.807) is 0 Å². The van der Waals surface area contributed by atoms with Crippen LogP contribution >= 0.6 is 0 Å². The Morgan fingerprint density at radius 3 is 2.53 bits per heavy atom. The molecule has 15 heavy (non-hydrogen) atoms. The van der Waals surface area contributed by atoms with Crippen LogP contribution in [0.5, 0.6) is 0 Å². The zero-order valence-corrected chi connectivity index (χ0v) is 9.16. The van der Waals surface area contributed by atoms with Crippen LogP contribution in [0.2, 0.25) is 0 Å². The molecule has 2 rings (SSSR count). The van der Waals surface area contributed by atoms with Gasteiger partial charge in [-0.25, -0.2) is 4.98 Å². The first-order valence-electron chi connectivity index (χ1n) is 4.96. The number of nitrogens with zero attached hydrogens (tertiary/aromatic N) is 1. The number of pyridine rings is 1. The molecule has 0 unspecified atom stereocenters. The number of carbonyl (C=O) groups excluding carboxylic acids is 1. The van der Waals surface area contributed by atoms with Crippen LogP contribution in [0.1, 0.15) is 27.2 Å². The smallest absolute Gasteiger partial charge is 0.168 e. The quantitative estimate of drug-likeness (QED) is 0.661. The van der Waals surface area contributed by atoms with E-state index in [1.165, 1.54) is 5.56 Å². The molecule has 0 saturated heterocycles. The number of aldehydes is 1. The minimum Gasteiger partial charge on any atom is -0.296 e. The molecule has 1 aromatic carbocycles. The lowest BCUT2D eigenvalue weighted by molar-refractivity contribution is 0.111. The van der Waals surface area contributed by atoms with Crippen molar-refractivity contribution >= 4 is 17.2 Å². The molecule has 0 bridgehead atoms. The SMILES string of the molecule is Cc1ccc2c(C)cc(C=O)nc2c1C. The molecule has 0 aliphatic rings. The Morgan fingerprint density at radius 1 is 1.13 bits per heavy atom. The van der Waals surface area contributed by atoms with Crippen molar-refractivity contribution in [1.29, 1.82) is 0 Å². The van der Waals surface area contributed by atoms with E-state index in [2.05, 4.69) is 24.0 Å². The molecular formula is C13H13NO. The van der Waals surface area contributed by atoms with Gasteiger partial charge in [0.25, 0.3) is 0 Å². The highest BCUT2D eigenvalue weighted by molar-refractivity contribution is 5.89. The van der Waals surface area contributed by atoms with E-state index in [0.717, 1.165) is 28.3 Å². The first kappa shape index (κ1) is 9.84. The average molecular weight is 199 g/mol. The summed E-state index contributed by atoms with van der Waals surface area (Å²) in [5.41, 5.74) is 4.91. The summed E-state index contributed by atoms with van der Waals surface area (Å²) in [6.07, 6.45) is 0.800. The van der Waals surface area contributed by atoms with Crippen molar-refractivity contribution in [3.8, 4) is 0 Å². The van der Waals surface area contributed by atoms with E-state index in [-0.39, 0.29) is 0 Å². The first-order chi connectivity index (χ1) is 7.13. The maximum absolute atomic E-state index is 10.7. The van der Waals surface area contributed by atoms with Crippen LogP contribution in [0.3, 0.4) is 0 Å². The fourth-order valence-corrected chi connectivity index (χ4v) is 1.78. The van der Waals surface area contributed by atoms with Crippen LogP contribution in [0.15, 0.2) is 18.2 Å². The zero-order chi connectivity index (χ0) is 11.0. The van der Waals surface area contributed by atoms with Crippen LogP contribution in [0, 0.1) is 20.8 Å². The lowest BCUT2D eigenvalue weighted by Crippen LogP contribution is -1.94. The van der Waals surface area contributed by atoms with E-state index in [1.807, 2.05) is 19.9 Å². The predicted octanol–water partition coefficient (Wildman–Crippen LogP) is 2.97. The molecule has 0 saturated carbocycles. The number of fused-ring (bicyclic) bond motifs is 1. The Morgan fingerprint density at radius 2 is 1.87 bits per heavy atom. The summed E-state index contributed by atoms with van der Waals surface area (Å²) < 4.78 is 0. The summed E-state index contributed by atoms with van der Waals surface area (Å²) in [6.45, 7) is 6.10. The van der Waals surface area contributed by atoms with Crippen molar-refractivity contribution in [2.45, 2.75) is 20.8 Å². The molecule has 0 N–H and O–H groups in total. The molecule has 1 heterocycles. The second-order valence-electron chi connectivity index (χ2n) is 3.89. The van der Waals surface area contributed by atoms with Gasteiger partial charge in [0.05, 0.1) is 5.52 Å². The maximum Gasteiger partial charge on any atom is 0.168 e. The van der Waals surface area contributed by atoms with Crippen molar-refractivity contribution in [3.05, 3.63) is 40.6 Å². The number of aromatic nitrogens is 1. The molecule has 0 aliphatic carbocycles. The van der Waals surface area contributed by atoms with Crippen molar-refractivity contribution in [2.24, 2.45) is 0 Å². The van der Waals surface area contributed by atoms with Gasteiger partial charge in [0, 0.05) is 5.39 Å². The van der Waals surface area contributed by atoms with Crippen LogP contribution in [-0.4, -0.2) is 11.3 Å². The molecule has 0 atom stereocenters. The summed E-state index contributed by atoms with van der Waals surface area (Å²) in [5, 5.41) is 1.13. The van der Waals surface area contributed by atoms with Gasteiger partial charge in [0.1, 0.15) is 5.69 Å². The fraction of sp³-hybridized carbons (Fsp3) is 0.231. The van der Waals surface area contributed by atoms with Gasteiger partial charge in [-0.1, -0.05) is 12.1 Å². The fourth-order valence-electron chi connectivity index (χ4n) is 1.78. The summed E-state index contributed by atoms with van der Waals surface area (Å²) in [7, 11) is 0. The number of rotatable bonds is 1. The monoisotopic (exact) mass is 199 g/mol. The summed E-state index contributed by atoms with van der Waals surface area (Å²) in [6, 6.07) is 5.98. The van der Waals surface area contributed by atoms with Crippen molar-refractivity contribution in [1.82, 2.24) is 4.98 Å². The minimum atomic E-state index is 0.508. The number of hydrogen-bond donors (Lipinski definition) is 0. The topological polar surface area (TPSA) is 30.0 Å². The van der Waals surface area contributed by atoms with Crippen LogP contribution < -0.4 is 0 Å². The first-order valence-corrected chi connectivity index (χ1v) is 4.96. The normalized spacial score (nSPS) is 10.6. The molecule has 0 radical (unpaired) electrons. The van der Waals surface area contributed by atoms with Gasteiger partial charge in [-0.15, -0.1) is 0 Å². The Kier molecular flexibility index (Phi) is 2.27. The van der Waals surface area contributed by atoms with Crippen LogP contribution in [0.4, 0.5) is 0 Å². The Bertz CT molecular complexity index is 544. The number of aryl methyl sites for hydroxylation is 3. The molecule has 2 heteroatoms. The summed E-state index contributed by atoms with van der Waals surface area (Å²) in [5.74, 6) is 0. The third-order valence-electron chi connectivity index (χ3n) is 2.85. The largest absolute Gasteiger partial charge is 0.296 e. The molecule has 1 aromatic heterocycles. The molecule has 2 nitrogen and oxygen atoms in total. The Hall–Kier alpha value is -1.70. The van der Waals surface area contributed by atoms with Gasteiger partial charge >= 0.3 is 0 Å². The predicted molar refractivity (Wildman–Crippen MR) is 61.3 cm³/mol. The number of carbonyl (C=O) groups is 1. The Labute approximate surface area is 89.0 Å². The van der Waals surface area contributed by atoms with Crippen LogP contribution in [0.25, 0.3) is 10.9 Å². The van der Waals surface area contributed by atoms with Gasteiger partial charge in [0.15, 0.2) is 6.29 Å². The molecular weight excluding hydrogens is 186 g/mol. The van der Waals surface area contributed by atoms with Crippen LogP contribution in [-0.2, 0) is 0 Å². The van der Waals surface area contributed by atoms with E-state index >= 15 is 0 Å². The molecule has 0 spiro atoms. The molecule has 0 amide bonds. The van der Waals surface area contributed by atoms with Crippen molar-refractivity contribution in [2.75, 3.05) is 0 Å². The second-order valence-corrected chi connectivity index (χ2v) is 3.89. The van der Waals surface area contributed by atoms with Gasteiger partial charge in [0.2, 0.25) is 0 Å². The molecule has 0 fully saturated rings. The Balaban J connectivity index is 2.92. The van der Waals surface area contributed by atoms with Gasteiger partial charge in [-0.2, -0.15) is 0 Å². The molecule has 2 aromatic rings. The summed E-state index contributed by atoms with van der Waals surface area (Å²) in [4.78, 5) is 15.1. The third-order valence-corrected chi connectivity index (χ3v) is 2.85. The molecule has 76 valence electrons. The number of hydrogen-bond acceptors (Lipinski definition) is 2. The van der Waals surface area contributed by atoms with Crippen molar-refractivity contribution < 1.29 is 4.79 Å². The van der Waals surface area contributed by atoms with Crippen molar-refractivity contribution in [3.63, 3.8) is 0 Å². The highest BCUT2D eigenvalue weighted by atomic mass is 16.1. The summed E-state index contributed by atoms with van der Waals surface area (Å²) >= 11 is 0. The van der Waals surface area contributed by atoms with Gasteiger partial charge in [-0.05, 0) is 43.5 Å². The van der Waals surface area contributed by atoms with Gasteiger partial charge in [-0.3, -0.25) is 4.79 Å². The van der Waals surface area contributed by atoms with E-state index in [0.29, 0.717) is 5.69 Å². The number of benzene rings is 1. The molecule has 0 aliphatic heterocycles. The highest BCUT2D eigenvalue weighted by Crippen LogP contribution is 2.22. The van der Waals surface area contributed by atoms with E-state index < -0.39 is 0 Å². The minimum absolute atomic E-state index is 0.508. The highest BCUT2D eigenvalue weighted by Gasteiger charge is 2.05. The van der Waals surface area contributed by atoms with E-state index in [9.17, 15) is 4.79 Å². The standard InChI is InChI=1S/C13H13NO/c1-8-4-5-12-9(2)6-11(7-15)14-13(12)10(8)3/h4-7H,1-3H3. The lowest BCUT2D eigenvalue weighted by atomic mass is 10.0. The second kappa shape index (κ2) is 3.46. The zero-order valence-electron chi connectivity index (χ0n) is 9.16. The van der Waals surface area contributed by atoms with E-state index in [4.69, 9.17) is 0 Å². The lowest BCUT2D eigenvalue weighted by Gasteiger charge is -2.07.